The Balaban J connectivity index is 1.92. The summed E-state index contributed by atoms with van der Waals surface area (Å²) in [5.41, 5.74) is 5.03. The van der Waals surface area contributed by atoms with Gasteiger partial charge in [0.25, 0.3) is 5.76 Å². The number of hydrogen-bond donors (Lipinski definition) is 2. The number of benzene rings is 2. The van der Waals surface area contributed by atoms with Crippen LogP contribution in [0.15, 0.2) is 58.5 Å². The molecular formula is C16H14ClF2N3S2. The molecule has 0 aliphatic rings. The predicted octanol–water partition coefficient (Wildman–Crippen LogP) is 5.37. The second-order valence-electron chi connectivity index (χ2n) is 4.68. The number of thiocarbonyl (C=S) groups is 1. The molecule has 3 nitrogen and oxygen atoms in total. The Morgan fingerprint density at radius 2 is 1.92 bits per heavy atom. The van der Waals surface area contributed by atoms with Gasteiger partial charge in [-0.1, -0.05) is 35.5 Å². The Labute approximate surface area is 153 Å². The largest absolute Gasteiger partial charge is 0.331 e. The summed E-state index contributed by atoms with van der Waals surface area (Å²) in [6.07, 6.45) is 0. The van der Waals surface area contributed by atoms with Gasteiger partial charge in [-0.2, -0.15) is 13.9 Å². The quantitative estimate of drug-likeness (QED) is 0.314. The van der Waals surface area contributed by atoms with Crippen LogP contribution in [0, 0.1) is 0 Å². The van der Waals surface area contributed by atoms with E-state index in [1.54, 1.807) is 36.4 Å². The summed E-state index contributed by atoms with van der Waals surface area (Å²) in [6, 6.07) is 13.9. The maximum atomic E-state index is 12.3. The summed E-state index contributed by atoms with van der Waals surface area (Å²) >= 11 is 11.6. The van der Waals surface area contributed by atoms with Gasteiger partial charge in [0, 0.05) is 15.6 Å². The average molecular weight is 386 g/mol. The first kappa shape index (κ1) is 18.6. The van der Waals surface area contributed by atoms with Gasteiger partial charge >= 0.3 is 0 Å². The lowest BCUT2D eigenvalue weighted by atomic mass is 10.1. The molecule has 2 aromatic carbocycles. The highest BCUT2D eigenvalue weighted by Gasteiger charge is 2.05. The number of nitrogens with zero attached hydrogens (tertiary/aromatic N) is 1. The summed E-state index contributed by atoms with van der Waals surface area (Å²) in [5.74, 6) is -2.43. The lowest BCUT2D eigenvalue weighted by molar-refractivity contribution is 0.252. The van der Waals surface area contributed by atoms with Gasteiger partial charge in [-0.25, -0.2) is 0 Å². The molecule has 0 unspecified atom stereocenters. The third-order valence-corrected chi connectivity index (χ3v) is 4.06. The Hall–Kier alpha value is -1.70. The van der Waals surface area contributed by atoms with E-state index < -0.39 is 5.76 Å². The van der Waals surface area contributed by atoms with Crippen LogP contribution in [-0.4, -0.2) is 16.6 Å². The minimum Gasteiger partial charge on any atom is -0.331 e. The molecule has 0 aliphatic carbocycles. The number of thioether (sulfide) groups is 1. The van der Waals surface area contributed by atoms with Crippen LogP contribution < -0.4 is 10.7 Å². The van der Waals surface area contributed by atoms with Crippen LogP contribution in [0.5, 0.6) is 0 Å². The molecule has 0 bridgehead atoms. The number of rotatable bonds is 5. The molecule has 0 aliphatic heterocycles. The monoisotopic (exact) mass is 385 g/mol. The van der Waals surface area contributed by atoms with E-state index in [1.165, 1.54) is 0 Å². The van der Waals surface area contributed by atoms with E-state index in [0.29, 0.717) is 32.5 Å². The number of alkyl halides is 2. The zero-order valence-corrected chi connectivity index (χ0v) is 15.0. The molecule has 0 radical (unpaired) electrons. The average Bonchev–Trinajstić information content (AvgIpc) is 2.54. The molecule has 2 N–H and O–H groups in total. The molecule has 2 aromatic rings. The first-order chi connectivity index (χ1) is 11.4. The van der Waals surface area contributed by atoms with E-state index in [0.717, 1.165) is 11.3 Å². The molecule has 0 aromatic heterocycles. The Kier molecular flexibility index (Phi) is 6.96. The summed E-state index contributed by atoms with van der Waals surface area (Å²) in [6.45, 7) is 1.83. The van der Waals surface area contributed by atoms with Crippen molar-refractivity contribution in [2.24, 2.45) is 5.10 Å². The third kappa shape index (κ3) is 6.07. The van der Waals surface area contributed by atoms with Gasteiger partial charge in [0.15, 0.2) is 5.11 Å². The molecule has 126 valence electrons. The van der Waals surface area contributed by atoms with Gasteiger partial charge in [-0.05, 0) is 61.1 Å². The Bertz CT molecular complexity index is 736. The van der Waals surface area contributed by atoms with Crippen molar-refractivity contribution in [3.05, 3.63) is 59.1 Å². The number of hydrazone groups is 1. The van der Waals surface area contributed by atoms with Crippen molar-refractivity contribution < 1.29 is 8.78 Å². The van der Waals surface area contributed by atoms with Crippen molar-refractivity contribution in [3.8, 4) is 0 Å². The standard InChI is InChI=1S/C16H14ClF2N3S2/c1-10(11-3-2-4-12(17)9-11)21-22-16(23)20-13-5-7-14(8-6-13)24-15(18)19/h2-9,15H,1H3,(H2,20,22,23)/b21-10-. The molecular weight excluding hydrogens is 372 g/mol. The van der Waals surface area contributed by atoms with Crippen molar-refractivity contribution in [2.45, 2.75) is 17.6 Å². The first-order valence-corrected chi connectivity index (χ1v) is 8.53. The van der Waals surface area contributed by atoms with Crippen LogP contribution >= 0.6 is 35.6 Å². The lowest BCUT2D eigenvalue weighted by Crippen LogP contribution is -2.24. The third-order valence-electron chi connectivity index (χ3n) is 2.90. The van der Waals surface area contributed by atoms with Gasteiger partial charge in [-0.3, -0.25) is 5.43 Å². The molecule has 0 saturated heterocycles. The zero-order valence-electron chi connectivity index (χ0n) is 12.6. The van der Waals surface area contributed by atoms with Gasteiger partial charge in [0.05, 0.1) is 5.71 Å². The topological polar surface area (TPSA) is 36.4 Å². The lowest BCUT2D eigenvalue weighted by Gasteiger charge is -2.09. The van der Waals surface area contributed by atoms with Crippen LogP contribution in [0.4, 0.5) is 14.5 Å². The second kappa shape index (κ2) is 8.96. The number of hydrogen-bond acceptors (Lipinski definition) is 3. The number of nitrogens with one attached hydrogen (secondary N) is 2. The van der Waals surface area contributed by atoms with Gasteiger partial charge < -0.3 is 5.32 Å². The molecule has 0 heterocycles. The first-order valence-electron chi connectivity index (χ1n) is 6.86. The highest BCUT2D eigenvalue weighted by atomic mass is 35.5. The van der Waals surface area contributed by atoms with Crippen molar-refractivity contribution in [1.82, 2.24) is 5.43 Å². The highest BCUT2D eigenvalue weighted by molar-refractivity contribution is 7.99. The molecule has 0 saturated carbocycles. The minimum atomic E-state index is -2.43. The fraction of sp³-hybridized carbons (Fsp3) is 0.125. The molecule has 0 amide bonds. The fourth-order valence-electron chi connectivity index (χ4n) is 1.79. The smallest absolute Gasteiger partial charge is 0.288 e. The predicted molar refractivity (Wildman–Crippen MR) is 101 cm³/mol. The SMILES string of the molecule is C/C(=N/NC(=S)Nc1ccc(SC(F)F)cc1)c1cccc(Cl)c1. The van der Waals surface area contributed by atoms with Crippen molar-refractivity contribution in [3.63, 3.8) is 0 Å². The van der Waals surface area contributed by atoms with Gasteiger partial charge in [0.1, 0.15) is 0 Å². The summed E-state index contributed by atoms with van der Waals surface area (Å²) < 4.78 is 24.5. The van der Waals surface area contributed by atoms with E-state index in [-0.39, 0.29) is 0 Å². The molecule has 0 fully saturated rings. The summed E-state index contributed by atoms with van der Waals surface area (Å²) in [5, 5.41) is 8.05. The van der Waals surface area contributed by atoms with E-state index >= 15 is 0 Å². The summed E-state index contributed by atoms with van der Waals surface area (Å²) in [7, 11) is 0. The van der Waals surface area contributed by atoms with Gasteiger partial charge in [-0.15, -0.1) is 0 Å². The van der Waals surface area contributed by atoms with Crippen LogP contribution in [0.25, 0.3) is 0 Å². The maximum absolute atomic E-state index is 12.3. The van der Waals surface area contributed by atoms with Crippen molar-refractivity contribution in [2.75, 3.05) is 5.32 Å². The molecule has 2 rings (SSSR count). The highest BCUT2D eigenvalue weighted by Crippen LogP contribution is 2.26. The zero-order chi connectivity index (χ0) is 17.5. The van der Waals surface area contributed by atoms with E-state index in [2.05, 4.69) is 15.8 Å². The van der Waals surface area contributed by atoms with Crippen molar-refractivity contribution >= 4 is 52.1 Å². The van der Waals surface area contributed by atoms with Crippen LogP contribution in [0.2, 0.25) is 5.02 Å². The fourth-order valence-corrected chi connectivity index (χ4v) is 2.64. The van der Waals surface area contributed by atoms with Crippen LogP contribution in [0.1, 0.15) is 12.5 Å². The van der Waals surface area contributed by atoms with Gasteiger partial charge in [0.2, 0.25) is 0 Å². The van der Waals surface area contributed by atoms with Crippen molar-refractivity contribution in [1.29, 1.82) is 0 Å². The Morgan fingerprint density at radius 3 is 2.54 bits per heavy atom. The Morgan fingerprint density at radius 1 is 1.21 bits per heavy atom. The van der Waals surface area contributed by atoms with Crippen LogP contribution in [0.3, 0.4) is 0 Å². The molecule has 8 heteroatoms. The molecule has 0 atom stereocenters. The van der Waals surface area contributed by atoms with Crippen LogP contribution in [-0.2, 0) is 0 Å². The second-order valence-corrected chi connectivity index (χ2v) is 6.58. The normalized spacial score (nSPS) is 11.5. The van der Waals surface area contributed by atoms with E-state index in [1.807, 2.05) is 19.1 Å². The van der Waals surface area contributed by atoms with E-state index in [9.17, 15) is 8.78 Å². The number of halogens is 3. The maximum Gasteiger partial charge on any atom is 0.288 e. The molecule has 24 heavy (non-hydrogen) atoms. The summed E-state index contributed by atoms with van der Waals surface area (Å²) in [4.78, 5) is 0.490. The minimum absolute atomic E-state index is 0.297. The van der Waals surface area contributed by atoms with E-state index in [4.69, 9.17) is 23.8 Å². The molecule has 0 spiro atoms. The number of anilines is 1.